The average Bonchev–Trinajstić information content (AvgIpc) is 2.63. The standard InChI is InChI=1S/C18H19ClN4O2/c1-11-6-13(4-5-25-11)22-18-14-7-12(9-20)2-3-15(14)21-10-16(18)23-17(24)8-19/h2-3,7,10-11,13H,4-6,8H2,1H3,(H,21,22)(H,23,24)/t11-,13-/m1/s1. The van der Waals surface area contributed by atoms with E-state index in [1.165, 1.54) is 0 Å². The zero-order valence-corrected chi connectivity index (χ0v) is 14.6. The van der Waals surface area contributed by atoms with Crippen molar-refractivity contribution in [2.75, 3.05) is 23.1 Å². The molecule has 1 fully saturated rings. The summed E-state index contributed by atoms with van der Waals surface area (Å²) in [7, 11) is 0. The summed E-state index contributed by atoms with van der Waals surface area (Å²) in [6.45, 7) is 2.73. The Kier molecular flexibility index (Phi) is 5.37. The Morgan fingerprint density at radius 3 is 3.08 bits per heavy atom. The fraction of sp³-hybridized carbons (Fsp3) is 0.389. The minimum Gasteiger partial charge on any atom is -0.380 e. The number of nitriles is 1. The molecule has 0 aliphatic carbocycles. The van der Waals surface area contributed by atoms with Crippen LogP contribution in [0.3, 0.4) is 0 Å². The van der Waals surface area contributed by atoms with Gasteiger partial charge in [-0.2, -0.15) is 5.26 Å². The molecule has 0 spiro atoms. The highest BCUT2D eigenvalue weighted by Crippen LogP contribution is 2.33. The summed E-state index contributed by atoms with van der Waals surface area (Å²) in [6, 6.07) is 7.67. The van der Waals surface area contributed by atoms with E-state index in [0.29, 0.717) is 17.9 Å². The zero-order chi connectivity index (χ0) is 17.8. The van der Waals surface area contributed by atoms with Crippen molar-refractivity contribution >= 4 is 39.8 Å². The summed E-state index contributed by atoms with van der Waals surface area (Å²) in [5.41, 5.74) is 2.62. The Bertz CT molecular complexity index is 834. The van der Waals surface area contributed by atoms with E-state index in [-0.39, 0.29) is 23.9 Å². The van der Waals surface area contributed by atoms with Crippen molar-refractivity contribution in [1.82, 2.24) is 4.98 Å². The van der Waals surface area contributed by atoms with E-state index in [1.54, 1.807) is 24.4 Å². The molecule has 1 aliphatic heterocycles. The fourth-order valence-electron chi connectivity index (χ4n) is 3.03. The minimum atomic E-state index is -0.303. The number of amides is 1. The molecule has 2 heterocycles. The number of fused-ring (bicyclic) bond motifs is 1. The highest BCUT2D eigenvalue weighted by atomic mass is 35.5. The van der Waals surface area contributed by atoms with Gasteiger partial charge in [0.05, 0.1) is 40.8 Å². The summed E-state index contributed by atoms with van der Waals surface area (Å²) in [6.07, 6.45) is 3.53. The van der Waals surface area contributed by atoms with Crippen LogP contribution >= 0.6 is 11.6 Å². The van der Waals surface area contributed by atoms with Gasteiger partial charge in [0.1, 0.15) is 5.88 Å². The number of hydrogen-bond donors (Lipinski definition) is 2. The number of nitrogens with one attached hydrogen (secondary N) is 2. The summed E-state index contributed by atoms with van der Waals surface area (Å²) < 4.78 is 5.60. The number of benzene rings is 1. The molecule has 1 aromatic carbocycles. The van der Waals surface area contributed by atoms with Gasteiger partial charge in [0.2, 0.25) is 5.91 Å². The van der Waals surface area contributed by atoms with Gasteiger partial charge in [-0.25, -0.2) is 0 Å². The minimum absolute atomic E-state index is 0.135. The molecule has 7 heteroatoms. The lowest BCUT2D eigenvalue weighted by molar-refractivity contribution is -0.113. The molecule has 1 aliphatic rings. The molecule has 1 aromatic heterocycles. The average molecular weight is 359 g/mol. The van der Waals surface area contributed by atoms with Crippen molar-refractivity contribution < 1.29 is 9.53 Å². The molecule has 2 atom stereocenters. The quantitative estimate of drug-likeness (QED) is 0.819. The maximum atomic E-state index is 11.8. The number of halogens is 1. The molecule has 6 nitrogen and oxygen atoms in total. The molecule has 130 valence electrons. The Morgan fingerprint density at radius 2 is 2.36 bits per heavy atom. The first-order valence-corrected chi connectivity index (χ1v) is 8.71. The van der Waals surface area contributed by atoms with Crippen LogP contribution in [0.25, 0.3) is 10.9 Å². The number of carbonyl (C=O) groups excluding carboxylic acids is 1. The molecule has 0 saturated carbocycles. The first kappa shape index (κ1) is 17.5. The van der Waals surface area contributed by atoms with Crippen LogP contribution in [0.2, 0.25) is 0 Å². The highest BCUT2D eigenvalue weighted by Gasteiger charge is 2.21. The fourth-order valence-corrected chi connectivity index (χ4v) is 3.10. The van der Waals surface area contributed by atoms with E-state index in [1.807, 2.05) is 6.92 Å². The van der Waals surface area contributed by atoms with Crippen molar-refractivity contribution in [3.05, 3.63) is 30.0 Å². The summed E-state index contributed by atoms with van der Waals surface area (Å²) in [5.74, 6) is -0.438. The van der Waals surface area contributed by atoms with Gasteiger partial charge >= 0.3 is 0 Å². The lowest BCUT2D eigenvalue weighted by Crippen LogP contribution is -2.33. The zero-order valence-electron chi connectivity index (χ0n) is 13.9. The van der Waals surface area contributed by atoms with Crippen molar-refractivity contribution in [3.63, 3.8) is 0 Å². The van der Waals surface area contributed by atoms with Crippen LogP contribution in [0.15, 0.2) is 24.4 Å². The van der Waals surface area contributed by atoms with E-state index in [9.17, 15) is 10.1 Å². The smallest absolute Gasteiger partial charge is 0.239 e. The predicted molar refractivity (Wildman–Crippen MR) is 97.9 cm³/mol. The molecule has 2 N–H and O–H groups in total. The molecular formula is C18H19ClN4O2. The molecule has 25 heavy (non-hydrogen) atoms. The predicted octanol–water partition coefficient (Wildman–Crippen LogP) is 3.26. The number of carbonyl (C=O) groups is 1. The first-order valence-electron chi connectivity index (χ1n) is 8.17. The van der Waals surface area contributed by atoms with Crippen molar-refractivity contribution in [3.8, 4) is 6.07 Å². The highest BCUT2D eigenvalue weighted by molar-refractivity contribution is 6.29. The van der Waals surface area contributed by atoms with Gasteiger partial charge in [-0.3, -0.25) is 9.78 Å². The molecular weight excluding hydrogens is 340 g/mol. The monoisotopic (exact) mass is 358 g/mol. The van der Waals surface area contributed by atoms with E-state index in [2.05, 4.69) is 21.7 Å². The Labute approximate surface area is 151 Å². The van der Waals surface area contributed by atoms with Crippen LogP contribution in [0.1, 0.15) is 25.3 Å². The number of hydrogen-bond acceptors (Lipinski definition) is 5. The van der Waals surface area contributed by atoms with E-state index in [0.717, 1.165) is 29.4 Å². The second-order valence-corrected chi connectivity index (χ2v) is 6.39. The first-order chi connectivity index (χ1) is 12.1. The number of rotatable bonds is 4. The van der Waals surface area contributed by atoms with Crippen LogP contribution < -0.4 is 10.6 Å². The molecule has 1 amide bonds. The Balaban J connectivity index is 2.04. The number of ether oxygens (including phenoxy) is 1. The van der Waals surface area contributed by atoms with Gasteiger partial charge in [-0.1, -0.05) is 0 Å². The van der Waals surface area contributed by atoms with Crippen LogP contribution in [0, 0.1) is 11.3 Å². The number of nitrogens with zero attached hydrogens (tertiary/aromatic N) is 2. The lowest BCUT2D eigenvalue weighted by Gasteiger charge is -2.30. The maximum Gasteiger partial charge on any atom is 0.239 e. The normalized spacial score (nSPS) is 20.0. The van der Waals surface area contributed by atoms with E-state index < -0.39 is 0 Å². The molecule has 0 radical (unpaired) electrons. The van der Waals surface area contributed by atoms with Gasteiger partial charge in [0.15, 0.2) is 0 Å². The lowest BCUT2D eigenvalue weighted by atomic mass is 10.0. The number of pyridine rings is 1. The van der Waals surface area contributed by atoms with E-state index >= 15 is 0 Å². The Hall–Kier alpha value is -2.36. The summed E-state index contributed by atoms with van der Waals surface area (Å²) in [5, 5.41) is 16.3. The number of alkyl halides is 1. The van der Waals surface area contributed by atoms with Crippen molar-refractivity contribution in [2.24, 2.45) is 0 Å². The second-order valence-electron chi connectivity index (χ2n) is 6.12. The maximum absolute atomic E-state index is 11.8. The van der Waals surface area contributed by atoms with E-state index in [4.69, 9.17) is 16.3 Å². The number of anilines is 2. The van der Waals surface area contributed by atoms with Gasteiger partial charge in [-0.15, -0.1) is 11.6 Å². The third-order valence-corrected chi connectivity index (χ3v) is 4.47. The topological polar surface area (TPSA) is 87.0 Å². The molecule has 2 aromatic rings. The second kappa shape index (κ2) is 7.68. The number of aromatic nitrogens is 1. The summed E-state index contributed by atoms with van der Waals surface area (Å²) >= 11 is 5.62. The largest absolute Gasteiger partial charge is 0.380 e. The van der Waals surface area contributed by atoms with Gasteiger partial charge < -0.3 is 15.4 Å². The summed E-state index contributed by atoms with van der Waals surface area (Å²) in [4.78, 5) is 16.1. The van der Waals surface area contributed by atoms with Crippen LogP contribution in [0.4, 0.5) is 11.4 Å². The molecule has 0 bridgehead atoms. The van der Waals surface area contributed by atoms with Crippen molar-refractivity contribution in [1.29, 1.82) is 5.26 Å². The third kappa shape index (κ3) is 4.01. The van der Waals surface area contributed by atoms with Gasteiger partial charge in [0.25, 0.3) is 0 Å². The van der Waals surface area contributed by atoms with Gasteiger partial charge in [0, 0.05) is 18.0 Å². The molecule has 0 unspecified atom stereocenters. The van der Waals surface area contributed by atoms with Crippen molar-refractivity contribution in [2.45, 2.75) is 31.9 Å². The molecule has 3 rings (SSSR count). The SMILES string of the molecule is C[C@@H]1C[C@H](Nc2c(NC(=O)CCl)cnc3ccc(C#N)cc23)CCO1. The van der Waals surface area contributed by atoms with Gasteiger partial charge in [-0.05, 0) is 38.0 Å². The van der Waals surface area contributed by atoms with Crippen LogP contribution in [-0.2, 0) is 9.53 Å². The third-order valence-electron chi connectivity index (χ3n) is 4.23. The Morgan fingerprint density at radius 1 is 1.52 bits per heavy atom. The van der Waals surface area contributed by atoms with Crippen LogP contribution in [-0.4, -0.2) is 35.5 Å². The molecule has 1 saturated heterocycles. The van der Waals surface area contributed by atoms with Crippen LogP contribution in [0.5, 0.6) is 0 Å².